The highest BCUT2D eigenvalue weighted by molar-refractivity contribution is 5.88. The molecule has 3 heterocycles. The molecule has 1 aromatic heterocycles. The number of benzene rings is 1. The van der Waals surface area contributed by atoms with Crippen LogP contribution in [-0.2, 0) is 9.47 Å². The molecule has 2 aromatic rings. The lowest BCUT2D eigenvalue weighted by Crippen LogP contribution is -2.51. The topological polar surface area (TPSA) is 115 Å². The Balaban J connectivity index is 1.33. The summed E-state index contributed by atoms with van der Waals surface area (Å²) in [5.41, 5.74) is 2.00. The van der Waals surface area contributed by atoms with Gasteiger partial charge in [0.2, 0.25) is 0 Å². The van der Waals surface area contributed by atoms with E-state index in [0.717, 1.165) is 49.4 Å². The summed E-state index contributed by atoms with van der Waals surface area (Å²) in [6.07, 6.45) is 5.36. The van der Waals surface area contributed by atoms with E-state index in [2.05, 4.69) is 27.5 Å². The van der Waals surface area contributed by atoms with Crippen LogP contribution in [0, 0.1) is 12.3 Å². The first-order valence-corrected chi connectivity index (χ1v) is 13.2. The first-order chi connectivity index (χ1) is 18.0. The van der Waals surface area contributed by atoms with Crippen LogP contribution >= 0.6 is 0 Å². The fourth-order valence-corrected chi connectivity index (χ4v) is 4.54. The maximum atomic E-state index is 12.7. The lowest BCUT2D eigenvalue weighted by atomic mass is 9.91. The van der Waals surface area contributed by atoms with Crippen molar-refractivity contribution >= 4 is 17.9 Å². The van der Waals surface area contributed by atoms with E-state index in [1.54, 1.807) is 11.1 Å². The molecule has 0 radical (unpaired) electrons. The van der Waals surface area contributed by atoms with Crippen LogP contribution in [-0.4, -0.2) is 71.5 Å². The molecule has 4 rings (SSSR count). The van der Waals surface area contributed by atoms with Crippen LogP contribution in [0.15, 0.2) is 30.6 Å². The maximum Gasteiger partial charge on any atom is 0.410 e. The van der Waals surface area contributed by atoms with Crippen molar-refractivity contribution in [3.8, 4) is 17.0 Å². The van der Waals surface area contributed by atoms with Gasteiger partial charge >= 0.3 is 12.1 Å². The number of hydrogen-bond acceptors (Lipinski definition) is 7. The molecule has 0 spiro atoms. The van der Waals surface area contributed by atoms with Crippen molar-refractivity contribution in [2.24, 2.45) is 5.41 Å². The van der Waals surface area contributed by atoms with Crippen molar-refractivity contribution in [1.82, 2.24) is 20.2 Å². The summed E-state index contributed by atoms with van der Waals surface area (Å²) < 4.78 is 17.1. The number of hydrogen-bond donors (Lipinski definition) is 2. The van der Waals surface area contributed by atoms with Gasteiger partial charge in [-0.05, 0) is 70.7 Å². The average Bonchev–Trinajstić information content (AvgIpc) is 3.29. The second-order valence-electron chi connectivity index (χ2n) is 11.5. The quantitative estimate of drug-likeness (QED) is 0.558. The largest absolute Gasteiger partial charge is 0.493 e. The van der Waals surface area contributed by atoms with E-state index < -0.39 is 11.6 Å². The fourth-order valence-electron chi connectivity index (χ4n) is 4.54. The number of ether oxygens (including phenoxy) is 3. The van der Waals surface area contributed by atoms with Crippen LogP contribution in [0.1, 0.15) is 52.5 Å². The summed E-state index contributed by atoms with van der Waals surface area (Å²) in [5.74, 6) is 1.17. The molecule has 2 aliphatic rings. The highest BCUT2D eigenvalue weighted by Crippen LogP contribution is 2.31. The predicted molar refractivity (Wildman–Crippen MR) is 144 cm³/mol. The molecule has 0 unspecified atom stereocenters. The Kier molecular flexibility index (Phi) is 8.40. The molecule has 1 aromatic carbocycles. The summed E-state index contributed by atoms with van der Waals surface area (Å²) in [5, 5.41) is 5.71. The van der Waals surface area contributed by atoms with Gasteiger partial charge in [-0.2, -0.15) is 0 Å². The first-order valence-electron chi connectivity index (χ1n) is 13.2. The van der Waals surface area contributed by atoms with Gasteiger partial charge in [-0.25, -0.2) is 14.6 Å². The molecule has 38 heavy (non-hydrogen) atoms. The smallest absolute Gasteiger partial charge is 0.410 e. The summed E-state index contributed by atoms with van der Waals surface area (Å²) in [6.45, 7) is 12.8. The third kappa shape index (κ3) is 7.56. The Hall–Kier alpha value is -3.40. The number of amides is 3. The van der Waals surface area contributed by atoms with E-state index >= 15 is 0 Å². The number of nitrogens with zero attached hydrogens (tertiary/aromatic N) is 3. The molecule has 3 amide bonds. The van der Waals surface area contributed by atoms with Gasteiger partial charge in [-0.3, -0.25) is 10.3 Å². The average molecular weight is 526 g/mol. The van der Waals surface area contributed by atoms with Crippen molar-refractivity contribution in [3.63, 3.8) is 0 Å². The second-order valence-corrected chi connectivity index (χ2v) is 11.5. The van der Waals surface area contributed by atoms with Gasteiger partial charge in [0.1, 0.15) is 11.4 Å². The highest BCUT2D eigenvalue weighted by atomic mass is 16.6. The molecule has 0 aliphatic carbocycles. The van der Waals surface area contributed by atoms with E-state index in [0.29, 0.717) is 31.2 Å². The zero-order valence-corrected chi connectivity index (χ0v) is 23.0. The standard InChI is InChI=1S/C28H39N5O5/c1-19-13-20(8-9-23(19)37-18-28(5)10-12-36-17-28)22-14-29-15-24(31-22)32-25(34)30-21-7-6-11-33(16-21)26(35)38-27(2,3)4/h8-9,13-15,21H,6-7,10-12,16-18H2,1-5H3,(H2,30,31,32,34)/t21-,28+/m0/s1. The lowest BCUT2D eigenvalue weighted by molar-refractivity contribution is 0.0191. The van der Waals surface area contributed by atoms with Crippen molar-refractivity contribution in [1.29, 1.82) is 0 Å². The van der Waals surface area contributed by atoms with E-state index in [-0.39, 0.29) is 17.6 Å². The molecule has 10 nitrogen and oxygen atoms in total. The van der Waals surface area contributed by atoms with Crippen LogP contribution in [0.5, 0.6) is 5.75 Å². The van der Waals surface area contributed by atoms with E-state index in [4.69, 9.17) is 14.2 Å². The fraction of sp³-hybridized carbons (Fsp3) is 0.571. The number of urea groups is 1. The zero-order chi connectivity index (χ0) is 27.3. The Labute approximate surface area is 224 Å². The highest BCUT2D eigenvalue weighted by Gasteiger charge is 2.31. The summed E-state index contributed by atoms with van der Waals surface area (Å²) in [7, 11) is 0. The number of nitrogens with one attached hydrogen (secondary N) is 2. The molecule has 206 valence electrons. The van der Waals surface area contributed by atoms with Gasteiger partial charge in [0, 0.05) is 36.7 Å². The maximum absolute atomic E-state index is 12.7. The number of piperidine rings is 1. The van der Waals surface area contributed by atoms with Crippen LogP contribution in [0.3, 0.4) is 0 Å². The zero-order valence-electron chi connectivity index (χ0n) is 23.0. The van der Waals surface area contributed by atoms with E-state index in [1.165, 1.54) is 6.20 Å². The Morgan fingerprint density at radius 2 is 2.08 bits per heavy atom. The van der Waals surface area contributed by atoms with Crippen molar-refractivity contribution < 1.29 is 23.8 Å². The van der Waals surface area contributed by atoms with Gasteiger partial charge in [-0.15, -0.1) is 0 Å². The lowest BCUT2D eigenvalue weighted by Gasteiger charge is -2.34. The van der Waals surface area contributed by atoms with Gasteiger partial charge in [-0.1, -0.05) is 6.92 Å². The SMILES string of the molecule is Cc1cc(-c2cncc(NC(=O)N[C@H]3CCCN(C(=O)OC(C)(C)C)C3)n2)ccc1OC[C@]1(C)CCOC1. The number of likely N-dealkylation sites (tertiary alicyclic amines) is 1. The molecule has 0 saturated carbocycles. The first kappa shape index (κ1) is 27.6. The minimum absolute atomic E-state index is 0.0444. The molecule has 2 atom stereocenters. The number of aryl methyl sites for hydroxylation is 1. The van der Waals surface area contributed by atoms with Gasteiger partial charge in [0.05, 0.1) is 31.3 Å². The molecule has 2 aliphatic heterocycles. The van der Waals surface area contributed by atoms with Crippen molar-refractivity contribution in [2.75, 3.05) is 38.2 Å². The third-order valence-electron chi connectivity index (χ3n) is 6.63. The van der Waals surface area contributed by atoms with Gasteiger partial charge < -0.3 is 24.4 Å². The summed E-state index contributed by atoms with van der Waals surface area (Å²) in [6, 6.07) is 5.32. The number of carbonyl (C=O) groups excluding carboxylic acids is 2. The summed E-state index contributed by atoms with van der Waals surface area (Å²) in [4.78, 5) is 35.6. The molecule has 10 heteroatoms. The summed E-state index contributed by atoms with van der Waals surface area (Å²) >= 11 is 0. The Bertz CT molecular complexity index is 1140. The molecular weight excluding hydrogens is 486 g/mol. The molecule has 2 saturated heterocycles. The minimum atomic E-state index is -0.562. The van der Waals surface area contributed by atoms with Gasteiger partial charge in [0.25, 0.3) is 0 Å². The molecule has 0 bridgehead atoms. The normalized spacial score (nSPS) is 21.6. The predicted octanol–water partition coefficient (Wildman–Crippen LogP) is 4.78. The van der Waals surface area contributed by atoms with Crippen LogP contribution < -0.4 is 15.4 Å². The van der Waals surface area contributed by atoms with Crippen LogP contribution in [0.4, 0.5) is 15.4 Å². The molecule has 2 fully saturated rings. The van der Waals surface area contributed by atoms with E-state index in [9.17, 15) is 9.59 Å². The number of rotatable bonds is 6. The Morgan fingerprint density at radius 3 is 2.79 bits per heavy atom. The van der Waals surface area contributed by atoms with Crippen LogP contribution in [0.25, 0.3) is 11.3 Å². The van der Waals surface area contributed by atoms with Crippen molar-refractivity contribution in [3.05, 3.63) is 36.2 Å². The van der Waals surface area contributed by atoms with E-state index in [1.807, 2.05) is 45.9 Å². The number of aromatic nitrogens is 2. The second kappa shape index (κ2) is 11.6. The third-order valence-corrected chi connectivity index (χ3v) is 6.63. The minimum Gasteiger partial charge on any atom is -0.493 e. The molecule has 2 N–H and O–H groups in total. The molecular formula is C28H39N5O5. The van der Waals surface area contributed by atoms with Crippen molar-refractivity contribution in [2.45, 2.75) is 65.5 Å². The Morgan fingerprint density at radius 1 is 1.26 bits per heavy atom. The number of anilines is 1. The monoisotopic (exact) mass is 525 g/mol. The number of carbonyl (C=O) groups is 2. The van der Waals surface area contributed by atoms with Gasteiger partial charge in [0.15, 0.2) is 5.82 Å². The van der Waals surface area contributed by atoms with Crippen LogP contribution in [0.2, 0.25) is 0 Å².